The Morgan fingerprint density at radius 2 is 1.30 bits per heavy atom. The highest BCUT2D eigenvalue weighted by molar-refractivity contribution is 7.89. The number of hydrogen-bond acceptors (Lipinski definition) is 13. The van der Waals surface area contributed by atoms with Crippen molar-refractivity contribution in [1.82, 2.24) is 15.0 Å². The molecule has 0 radical (unpaired) electrons. The molecule has 1 aromatic heterocycles. The molecule has 15 nitrogen and oxygen atoms in total. The van der Waals surface area contributed by atoms with Gasteiger partial charge < -0.3 is 23.7 Å². The molecule has 1 fully saturated rings. The second-order valence-electron chi connectivity index (χ2n) is 12.2. The van der Waals surface area contributed by atoms with E-state index in [9.17, 15) is 27.6 Å². The summed E-state index contributed by atoms with van der Waals surface area (Å²) in [5.74, 6) is -2.31. The summed E-state index contributed by atoms with van der Waals surface area (Å²) >= 11 is 0. The average Bonchev–Trinajstić information content (AvgIpc) is 3.58. The van der Waals surface area contributed by atoms with Crippen molar-refractivity contribution < 1.29 is 51.3 Å². The Hall–Kier alpha value is -3.89. The van der Waals surface area contributed by atoms with Crippen molar-refractivity contribution in [3.8, 4) is 11.3 Å². The third kappa shape index (κ3) is 12.2. The van der Waals surface area contributed by atoms with Crippen molar-refractivity contribution in [3.63, 3.8) is 0 Å². The summed E-state index contributed by atoms with van der Waals surface area (Å²) in [6, 6.07) is 5.77. The molecule has 1 aliphatic heterocycles. The highest BCUT2D eigenvalue weighted by Crippen LogP contribution is 2.36. The lowest BCUT2D eigenvalue weighted by Crippen LogP contribution is -2.61. The summed E-state index contributed by atoms with van der Waals surface area (Å²) in [7, 11) is -4.02. The Kier molecular flexibility index (Phi) is 16.3. The van der Waals surface area contributed by atoms with E-state index in [2.05, 4.69) is 10.3 Å². The van der Waals surface area contributed by atoms with Crippen LogP contribution in [0.25, 0.3) is 11.3 Å². The molecule has 16 heteroatoms. The Labute approximate surface area is 293 Å². The number of sulfonamides is 1. The summed E-state index contributed by atoms with van der Waals surface area (Å²) < 4.78 is 55.0. The molecule has 0 unspecified atom stereocenters. The molecular weight excluding hydrogens is 672 g/mol. The van der Waals surface area contributed by atoms with Gasteiger partial charge in [0.25, 0.3) is 0 Å². The number of esters is 4. The molecule has 3 rings (SSSR count). The summed E-state index contributed by atoms with van der Waals surface area (Å²) in [5, 5.41) is 13.7. The number of nitrogens with zero attached hydrogens (tertiary/aromatic N) is 3. The van der Waals surface area contributed by atoms with Crippen molar-refractivity contribution in [2.45, 2.75) is 140 Å². The highest BCUT2D eigenvalue weighted by atomic mass is 32.2. The maximum atomic E-state index is 13.2. The minimum atomic E-state index is -4.02. The van der Waals surface area contributed by atoms with Crippen LogP contribution in [0.15, 0.2) is 35.4 Å². The van der Waals surface area contributed by atoms with E-state index in [0.29, 0.717) is 44.1 Å². The minimum absolute atomic E-state index is 0.0516. The fraction of sp³-hybridized carbons (Fsp3) is 0.647. The quantitative estimate of drug-likeness (QED) is 0.148. The Bertz CT molecular complexity index is 1530. The lowest BCUT2D eigenvalue weighted by molar-refractivity contribution is -0.272. The van der Waals surface area contributed by atoms with Gasteiger partial charge in [0.2, 0.25) is 10.0 Å². The van der Waals surface area contributed by atoms with Gasteiger partial charge in [0.05, 0.1) is 11.1 Å². The Morgan fingerprint density at radius 1 is 0.780 bits per heavy atom. The first-order chi connectivity index (χ1) is 23.9. The molecule has 1 aromatic carbocycles. The van der Waals surface area contributed by atoms with E-state index in [4.69, 9.17) is 28.8 Å². The number of ether oxygens (including phenoxy) is 5. The van der Waals surface area contributed by atoms with Crippen LogP contribution in [0.1, 0.15) is 111 Å². The van der Waals surface area contributed by atoms with E-state index in [-0.39, 0.29) is 42.9 Å². The molecule has 0 aliphatic carbocycles. The first-order valence-electron chi connectivity index (χ1n) is 17.4. The van der Waals surface area contributed by atoms with Crippen molar-refractivity contribution in [2.24, 2.45) is 5.14 Å². The van der Waals surface area contributed by atoms with Crippen LogP contribution in [0.5, 0.6) is 0 Å². The maximum absolute atomic E-state index is 13.2. The second-order valence-corrected chi connectivity index (χ2v) is 13.7. The summed E-state index contributed by atoms with van der Waals surface area (Å²) in [4.78, 5) is 51.9. The zero-order valence-corrected chi connectivity index (χ0v) is 30.1. The molecule has 2 aromatic rings. The third-order valence-corrected chi connectivity index (χ3v) is 8.90. The third-order valence-electron chi connectivity index (χ3n) is 7.99. The van der Waals surface area contributed by atoms with Crippen LogP contribution in [0.4, 0.5) is 0 Å². The van der Waals surface area contributed by atoms with Crippen LogP contribution >= 0.6 is 0 Å². The number of unbranched alkanes of at least 4 members (excludes halogenated alkanes) is 4. The van der Waals surface area contributed by atoms with Gasteiger partial charge in [-0.1, -0.05) is 70.7 Å². The molecule has 50 heavy (non-hydrogen) atoms. The fourth-order valence-electron chi connectivity index (χ4n) is 5.17. The van der Waals surface area contributed by atoms with Gasteiger partial charge in [-0.25, -0.2) is 18.2 Å². The Morgan fingerprint density at radius 3 is 1.84 bits per heavy atom. The molecule has 2 heterocycles. The molecular formula is C34H50N4O11S. The minimum Gasteiger partial charge on any atom is -0.463 e. The van der Waals surface area contributed by atoms with Crippen LogP contribution in [0.3, 0.4) is 0 Å². The second kappa shape index (κ2) is 20.1. The van der Waals surface area contributed by atoms with Crippen LogP contribution in [0.2, 0.25) is 0 Å². The smallest absolute Gasteiger partial charge is 0.306 e. The van der Waals surface area contributed by atoms with Gasteiger partial charge in [-0.05, 0) is 37.8 Å². The first-order valence-corrected chi connectivity index (χ1v) is 18.9. The molecule has 1 aliphatic rings. The van der Waals surface area contributed by atoms with Crippen molar-refractivity contribution in [3.05, 3.63) is 30.5 Å². The normalized spacial score (nSPS) is 20.5. The number of carbonyl (C=O) groups excluding carboxylic acids is 4. The van der Waals surface area contributed by atoms with Crippen LogP contribution in [-0.2, 0) is 52.9 Å². The molecule has 0 bridgehead atoms. The van der Waals surface area contributed by atoms with E-state index < -0.39 is 64.5 Å². The van der Waals surface area contributed by atoms with E-state index in [1.54, 1.807) is 6.07 Å². The number of nitrogens with two attached hydrogens (primary N) is 1. The van der Waals surface area contributed by atoms with Crippen molar-refractivity contribution in [2.75, 3.05) is 6.61 Å². The molecule has 0 amide bonds. The van der Waals surface area contributed by atoms with E-state index >= 15 is 0 Å². The Balaban J connectivity index is 2.12. The van der Waals surface area contributed by atoms with E-state index in [1.165, 1.54) is 29.1 Å². The van der Waals surface area contributed by atoms with Crippen molar-refractivity contribution in [1.29, 1.82) is 0 Å². The first kappa shape index (κ1) is 40.5. The standard InChI is InChI=1S/C34H50N4O11S/c1-5-9-16-27(39)45-22-26-31(47-28(40)17-10-6-2)32(48-29(41)18-11-7-3)33(49-30(42)19-12-8-4)34(46-26)38-21-25(36-37-38)23-14-13-15-24(20-23)50(35,43)44/h13-15,20-21,26,31-34H,5-12,16-19,22H2,1-4H3,(H2,35,43,44)/t26-,31-,32+,33-,34-/m1/s1. The molecule has 0 spiro atoms. The monoisotopic (exact) mass is 722 g/mol. The van der Waals surface area contributed by atoms with E-state index in [1.807, 2.05) is 27.7 Å². The van der Waals surface area contributed by atoms with Crippen molar-refractivity contribution >= 4 is 33.9 Å². The molecule has 0 saturated carbocycles. The van der Waals surface area contributed by atoms with Gasteiger partial charge in [-0.15, -0.1) is 5.10 Å². The van der Waals surface area contributed by atoms with Crippen LogP contribution in [0, 0.1) is 0 Å². The maximum Gasteiger partial charge on any atom is 0.306 e. The number of primary sulfonamides is 1. The highest BCUT2D eigenvalue weighted by Gasteiger charge is 2.53. The van der Waals surface area contributed by atoms with Gasteiger partial charge in [-0.2, -0.15) is 0 Å². The van der Waals surface area contributed by atoms with Gasteiger partial charge in [0, 0.05) is 31.2 Å². The summed E-state index contributed by atoms with van der Waals surface area (Å²) in [6.45, 7) is 7.31. The fourth-order valence-corrected chi connectivity index (χ4v) is 5.73. The predicted molar refractivity (Wildman–Crippen MR) is 179 cm³/mol. The predicted octanol–water partition coefficient (Wildman–Crippen LogP) is 4.53. The van der Waals surface area contributed by atoms with Gasteiger partial charge >= 0.3 is 23.9 Å². The topological polar surface area (TPSA) is 205 Å². The number of benzene rings is 1. The largest absolute Gasteiger partial charge is 0.463 e. The number of rotatable bonds is 20. The van der Waals surface area contributed by atoms with Gasteiger partial charge in [0.1, 0.15) is 18.4 Å². The number of hydrogen-bond donors (Lipinski definition) is 1. The molecule has 5 atom stereocenters. The van der Waals surface area contributed by atoms with E-state index in [0.717, 1.165) is 12.8 Å². The van der Waals surface area contributed by atoms with Crippen LogP contribution in [-0.4, -0.2) is 78.3 Å². The molecule has 1 saturated heterocycles. The van der Waals surface area contributed by atoms with Gasteiger partial charge in [0.15, 0.2) is 24.5 Å². The number of carbonyl (C=O) groups is 4. The summed E-state index contributed by atoms with van der Waals surface area (Å²) in [5.41, 5.74) is 0.587. The van der Waals surface area contributed by atoms with Gasteiger partial charge in [-0.3, -0.25) is 19.2 Å². The molecule has 2 N–H and O–H groups in total. The number of aromatic nitrogens is 3. The molecule has 278 valence electrons. The lowest BCUT2D eigenvalue weighted by atomic mass is 9.97. The SMILES string of the molecule is CCCCC(=O)OC[C@H]1O[C@@H](n2cc(-c3cccc(S(N)(=O)=O)c3)nn2)[C@H](OC(=O)CCCC)[C@@H](OC(=O)CCCC)[C@@H]1OC(=O)CCCC. The zero-order valence-electron chi connectivity index (χ0n) is 29.3. The average molecular weight is 723 g/mol. The zero-order chi connectivity index (χ0) is 36.7. The van der Waals surface area contributed by atoms with Crippen LogP contribution < -0.4 is 5.14 Å². The lowest BCUT2D eigenvalue weighted by Gasteiger charge is -2.44. The summed E-state index contributed by atoms with van der Waals surface area (Å²) in [6.07, 6.45) is 0.298.